The lowest BCUT2D eigenvalue weighted by atomic mass is 10.2. The maximum atomic E-state index is 4.22. The predicted molar refractivity (Wildman–Crippen MR) is 60.1 cm³/mol. The Balaban J connectivity index is 2.27. The quantitative estimate of drug-likeness (QED) is 0.770. The smallest absolute Gasteiger partial charge is 0.102 e. The van der Waals surface area contributed by atoms with Gasteiger partial charge in [-0.2, -0.15) is 5.10 Å². The Kier molecular flexibility index (Phi) is 2.83. The van der Waals surface area contributed by atoms with Crippen molar-refractivity contribution in [1.82, 2.24) is 9.78 Å². The fourth-order valence-electron chi connectivity index (χ4n) is 1.64. The number of aromatic nitrogens is 2. The first-order chi connectivity index (χ1) is 7.25. The van der Waals surface area contributed by atoms with Crippen molar-refractivity contribution in [3.05, 3.63) is 48.3 Å². The van der Waals surface area contributed by atoms with Crippen molar-refractivity contribution in [3.63, 3.8) is 0 Å². The molecule has 0 aliphatic rings. The highest BCUT2D eigenvalue weighted by Crippen LogP contribution is 2.08. The third-order valence-electron chi connectivity index (χ3n) is 2.24. The summed E-state index contributed by atoms with van der Waals surface area (Å²) in [5.74, 6) is 0. The summed E-state index contributed by atoms with van der Waals surface area (Å²) in [6.45, 7) is 1.04. The molecule has 1 aromatic heterocycles. The number of hydrogen-bond acceptors (Lipinski definition) is 1. The van der Waals surface area contributed by atoms with Gasteiger partial charge >= 0.3 is 0 Å². The number of nitrogens with zero attached hydrogens (tertiary/aromatic N) is 2. The van der Waals surface area contributed by atoms with Gasteiger partial charge in [0.25, 0.3) is 0 Å². The lowest BCUT2D eigenvalue weighted by molar-refractivity contribution is -0.872. The monoisotopic (exact) mass is 202 g/mol. The summed E-state index contributed by atoms with van der Waals surface area (Å²) in [4.78, 5) is 1.42. The molecule has 1 aromatic carbocycles. The van der Waals surface area contributed by atoms with Gasteiger partial charge in [-0.3, -0.25) is 0 Å². The van der Waals surface area contributed by atoms with Gasteiger partial charge in [-0.1, -0.05) is 12.1 Å². The first-order valence-corrected chi connectivity index (χ1v) is 5.14. The third-order valence-corrected chi connectivity index (χ3v) is 2.24. The second kappa shape index (κ2) is 4.28. The Hall–Kier alpha value is -1.61. The molecular formula is C12H16N3+. The van der Waals surface area contributed by atoms with E-state index >= 15 is 0 Å². The van der Waals surface area contributed by atoms with Crippen molar-refractivity contribution < 1.29 is 4.90 Å². The van der Waals surface area contributed by atoms with E-state index in [1.54, 1.807) is 6.20 Å². The normalized spacial score (nSPS) is 10.9. The van der Waals surface area contributed by atoms with Crippen LogP contribution in [0, 0.1) is 0 Å². The number of nitrogens with one attached hydrogen (secondary N) is 1. The van der Waals surface area contributed by atoms with Crippen LogP contribution in [0.5, 0.6) is 0 Å². The van der Waals surface area contributed by atoms with Gasteiger partial charge in [-0.15, -0.1) is 0 Å². The van der Waals surface area contributed by atoms with Crippen molar-refractivity contribution in [2.75, 3.05) is 14.1 Å². The van der Waals surface area contributed by atoms with E-state index in [0.29, 0.717) is 0 Å². The number of quaternary nitrogens is 1. The SMILES string of the molecule is C[NH+](C)Cc1cccc(-n2cccn2)c1. The van der Waals surface area contributed by atoms with Gasteiger partial charge in [-0.05, 0) is 18.2 Å². The van der Waals surface area contributed by atoms with Crippen LogP contribution in [-0.2, 0) is 6.54 Å². The Morgan fingerprint density at radius 1 is 1.27 bits per heavy atom. The maximum Gasteiger partial charge on any atom is 0.102 e. The summed E-state index contributed by atoms with van der Waals surface area (Å²) in [6, 6.07) is 10.4. The van der Waals surface area contributed by atoms with Crippen LogP contribution < -0.4 is 4.90 Å². The predicted octanol–water partition coefficient (Wildman–Crippen LogP) is 0.517. The lowest BCUT2D eigenvalue weighted by Gasteiger charge is -2.08. The molecule has 2 aromatic rings. The molecular weight excluding hydrogens is 186 g/mol. The number of hydrogen-bond donors (Lipinski definition) is 1. The maximum absolute atomic E-state index is 4.22. The van der Waals surface area contributed by atoms with Gasteiger partial charge in [0.2, 0.25) is 0 Å². The minimum atomic E-state index is 1.04. The first kappa shape index (κ1) is 9.93. The van der Waals surface area contributed by atoms with Crippen molar-refractivity contribution in [2.24, 2.45) is 0 Å². The standard InChI is InChI=1S/C12H15N3/c1-14(2)10-11-5-3-6-12(9-11)15-8-4-7-13-15/h3-9H,10H2,1-2H3/p+1. The van der Waals surface area contributed by atoms with Crippen LogP contribution in [-0.4, -0.2) is 23.9 Å². The van der Waals surface area contributed by atoms with Crippen molar-refractivity contribution in [3.8, 4) is 5.69 Å². The van der Waals surface area contributed by atoms with E-state index in [1.165, 1.54) is 10.5 Å². The molecule has 3 nitrogen and oxygen atoms in total. The van der Waals surface area contributed by atoms with E-state index in [-0.39, 0.29) is 0 Å². The highest BCUT2D eigenvalue weighted by Gasteiger charge is 2.01. The van der Waals surface area contributed by atoms with Crippen LogP contribution in [0.25, 0.3) is 5.69 Å². The third kappa shape index (κ3) is 2.44. The van der Waals surface area contributed by atoms with E-state index in [0.717, 1.165) is 12.2 Å². The molecule has 0 saturated carbocycles. The van der Waals surface area contributed by atoms with Gasteiger partial charge < -0.3 is 4.90 Å². The van der Waals surface area contributed by atoms with Crippen molar-refractivity contribution >= 4 is 0 Å². The summed E-state index contributed by atoms with van der Waals surface area (Å²) in [5.41, 5.74) is 2.46. The summed E-state index contributed by atoms with van der Waals surface area (Å²) < 4.78 is 1.88. The zero-order valence-electron chi connectivity index (χ0n) is 9.14. The molecule has 1 heterocycles. The molecule has 78 valence electrons. The lowest BCUT2D eigenvalue weighted by Crippen LogP contribution is -3.04. The second-order valence-corrected chi connectivity index (χ2v) is 4.00. The summed E-state index contributed by atoms with van der Waals surface area (Å²) in [6.07, 6.45) is 3.76. The van der Waals surface area contributed by atoms with E-state index in [2.05, 4.69) is 43.5 Å². The van der Waals surface area contributed by atoms with E-state index in [1.807, 2.05) is 16.9 Å². The van der Waals surface area contributed by atoms with Crippen LogP contribution in [0.2, 0.25) is 0 Å². The molecule has 0 amide bonds. The minimum Gasteiger partial charge on any atom is -0.336 e. The molecule has 2 rings (SSSR count). The van der Waals surface area contributed by atoms with E-state index in [9.17, 15) is 0 Å². The van der Waals surface area contributed by atoms with Crippen LogP contribution in [0.15, 0.2) is 42.7 Å². The number of rotatable bonds is 3. The topological polar surface area (TPSA) is 22.3 Å². The van der Waals surface area contributed by atoms with Crippen LogP contribution in [0.4, 0.5) is 0 Å². The highest BCUT2D eigenvalue weighted by molar-refractivity contribution is 5.34. The van der Waals surface area contributed by atoms with Gasteiger partial charge in [0.15, 0.2) is 0 Å². The molecule has 1 N–H and O–H groups in total. The number of benzene rings is 1. The molecule has 0 aliphatic heterocycles. The Morgan fingerprint density at radius 3 is 2.80 bits per heavy atom. The molecule has 0 aliphatic carbocycles. The molecule has 0 spiro atoms. The fourth-order valence-corrected chi connectivity index (χ4v) is 1.64. The second-order valence-electron chi connectivity index (χ2n) is 4.00. The van der Waals surface area contributed by atoms with Gasteiger partial charge in [0.05, 0.1) is 19.8 Å². The summed E-state index contributed by atoms with van der Waals surface area (Å²) in [5, 5.41) is 4.22. The average molecular weight is 202 g/mol. The zero-order chi connectivity index (χ0) is 10.7. The molecule has 0 bridgehead atoms. The molecule has 3 heteroatoms. The molecule has 0 atom stereocenters. The fraction of sp³-hybridized carbons (Fsp3) is 0.250. The Bertz CT molecular complexity index is 418. The molecule has 0 fully saturated rings. The van der Waals surface area contributed by atoms with Crippen LogP contribution >= 0.6 is 0 Å². The van der Waals surface area contributed by atoms with E-state index in [4.69, 9.17) is 0 Å². The molecule has 0 unspecified atom stereocenters. The summed E-state index contributed by atoms with van der Waals surface area (Å²) >= 11 is 0. The highest BCUT2D eigenvalue weighted by atomic mass is 15.3. The van der Waals surface area contributed by atoms with Gasteiger partial charge in [0.1, 0.15) is 6.54 Å². The largest absolute Gasteiger partial charge is 0.336 e. The van der Waals surface area contributed by atoms with E-state index < -0.39 is 0 Å². The average Bonchev–Trinajstić information content (AvgIpc) is 2.69. The molecule has 0 saturated heterocycles. The molecule has 0 radical (unpaired) electrons. The summed E-state index contributed by atoms with van der Waals surface area (Å²) in [7, 11) is 4.31. The van der Waals surface area contributed by atoms with Crippen molar-refractivity contribution in [1.29, 1.82) is 0 Å². The van der Waals surface area contributed by atoms with Crippen LogP contribution in [0.1, 0.15) is 5.56 Å². The van der Waals surface area contributed by atoms with Crippen LogP contribution in [0.3, 0.4) is 0 Å². The zero-order valence-corrected chi connectivity index (χ0v) is 9.14. The Labute approximate surface area is 90.0 Å². The minimum absolute atomic E-state index is 1.04. The van der Waals surface area contributed by atoms with Crippen molar-refractivity contribution in [2.45, 2.75) is 6.54 Å². The first-order valence-electron chi connectivity index (χ1n) is 5.14. The molecule has 15 heavy (non-hydrogen) atoms. The Morgan fingerprint density at radius 2 is 2.13 bits per heavy atom. The van der Waals surface area contributed by atoms with Gasteiger partial charge in [0, 0.05) is 18.0 Å². The van der Waals surface area contributed by atoms with Gasteiger partial charge in [-0.25, -0.2) is 4.68 Å².